The van der Waals surface area contributed by atoms with Gasteiger partial charge in [0, 0.05) is 18.9 Å². The first-order valence-electron chi connectivity index (χ1n) is 6.88. The molecule has 98 valence electrons. The third-order valence-corrected chi connectivity index (χ3v) is 4.14. The number of Topliss-reactive ketones (excluding diaryl/α,β-unsaturated/α-hetero) is 1. The van der Waals surface area contributed by atoms with E-state index < -0.39 is 0 Å². The quantitative estimate of drug-likeness (QED) is 0.885. The van der Waals surface area contributed by atoms with Gasteiger partial charge >= 0.3 is 0 Å². The molecule has 1 fully saturated rings. The average Bonchev–Trinajstić information content (AvgIpc) is 2.37. The monoisotopic (exact) mass is 245 g/mol. The van der Waals surface area contributed by atoms with Crippen LogP contribution in [0.15, 0.2) is 18.2 Å². The maximum absolute atomic E-state index is 11.4. The largest absolute Gasteiger partial charge is 0.313 e. The lowest BCUT2D eigenvalue weighted by Crippen LogP contribution is -2.29. The van der Waals surface area contributed by atoms with Gasteiger partial charge in [-0.2, -0.15) is 0 Å². The Morgan fingerprint density at radius 2 is 1.89 bits per heavy atom. The molecule has 2 nitrogen and oxygen atoms in total. The highest BCUT2D eigenvalue weighted by atomic mass is 16.1. The lowest BCUT2D eigenvalue weighted by Gasteiger charge is -2.31. The van der Waals surface area contributed by atoms with Gasteiger partial charge in [0.2, 0.25) is 0 Å². The molecule has 1 unspecified atom stereocenters. The third-order valence-electron chi connectivity index (χ3n) is 4.14. The molecule has 0 radical (unpaired) electrons. The molecule has 1 aromatic rings. The van der Waals surface area contributed by atoms with Gasteiger partial charge in [-0.1, -0.05) is 23.8 Å². The Morgan fingerprint density at radius 1 is 1.22 bits per heavy atom. The second-order valence-corrected chi connectivity index (χ2v) is 5.50. The molecule has 0 saturated heterocycles. The van der Waals surface area contributed by atoms with Gasteiger partial charge in [0.05, 0.1) is 0 Å². The molecule has 2 rings (SSSR count). The summed E-state index contributed by atoms with van der Waals surface area (Å²) >= 11 is 0. The molecule has 2 heteroatoms. The summed E-state index contributed by atoms with van der Waals surface area (Å²) < 4.78 is 0. The van der Waals surface area contributed by atoms with Crippen molar-refractivity contribution >= 4 is 5.78 Å². The summed E-state index contributed by atoms with van der Waals surface area (Å²) in [6.45, 7) is 4.31. The molecule has 18 heavy (non-hydrogen) atoms. The zero-order valence-corrected chi connectivity index (χ0v) is 11.6. The number of nitrogens with one attached hydrogen (secondary N) is 1. The molecular formula is C16H23NO. The van der Waals surface area contributed by atoms with Crippen LogP contribution in [0.4, 0.5) is 0 Å². The molecule has 1 N–H and O–H groups in total. The van der Waals surface area contributed by atoms with Crippen molar-refractivity contribution in [1.82, 2.24) is 5.32 Å². The number of carbonyl (C=O) groups is 1. The van der Waals surface area contributed by atoms with Gasteiger partial charge in [-0.3, -0.25) is 4.79 Å². The van der Waals surface area contributed by atoms with Gasteiger partial charge in [0.15, 0.2) is 0 Å². The minimum atomic E-state index is 0.387. The fourth-order valence-corrected chi connectivity index (χ4v) is 3.04. The van der Waals surface area contributed by atoms with E-state index in [2.05, 4.69) is 37.4 Å². The molecule has 0 spiro atoms. The zero-order valence-electron chi connectivity index (χ0n) is 11.6. The van der Waals surface area contributed by atoms with Crippen LogP contribution >= 0.6 is 0 Å². The number of benzene rings is 1. The van der Waals surface area contributed by atoms with Crippen molar-refractivity contribution in [3.8, 4) is 0 Å². The number of carbonyl (C=O) groups excluding carboxylic acids is 1. The molecule has 1 saturated carbocycles. The van der Waals surface area contributed by atoms with Crippen LogP contribution in [0.1, 0.15) is 48.4 Å². The first-order chi connectivity index (χ1) is 8.61. The summed E-state index contributed by atoms with van der Waals surface area (Å²) in [6, 6.07) is 7.03. The van der Waals surface area contributed by atoms with Crippen molar-refractivity contribution in [2.75, 3.05) is 7.05 Å². The zero-order chi connectivity index (χ0) is 13.1. The highest BCUT2D eigenvalue weighted by molar-refractivity contribution is 5.79. The van der Waals surface area contributed by atoms with Gasteiger partial charge in [0.25, 0.3) is 0 Å². The van der Waals surface area contributed by atoms with Gasteiger partial charge < -0.3 is 5.32 Å². The van der Waals surface area contributed by atoms with Crippen molar-refractivity contribution in [1.29, 1.82) is 0 Å². The molecule has 0 aromatic heterocycles. The van der Waals surface area contributed by atoms with Crippen molar-refractivity contribution in [3.63, 3.8) is 0 Å². The Hall–Kier alpha value is -1.15. The van der Waals surface area contributed by atoms with Crippen LogP contribution in [-0.2, 0) is 4.79 Å². The number of hydrogen-bond acceptors (Lipinski definition) is 2. The Bertz CT molecular complexity index is 429. The van der Waals surface area contributed by atoms with Crippen LogP contribution in [0.2, 0.25) is 0 Å². The van der Waals surface area contributed by atoms with Gasteiger partial charge in [0.1, 0.15) is 5.78 Å². The van der Waals surface area contributed by atoms with Crippen molar-refractivity contribution in [3.05, 3.63) is 34.9 Å². The van der Waals surface area contributed by atoms with E-state index in [1.54, 1.807) is 0 Å². The van der Waals surface area contributed by atoms with E-state index in [4.69, 9.17) is 0 Å². The number of ketones is 1. The minimum absolute atomic E-state index is 0.387. The highest BCUT2D eigenvalue weighted by Gasteiger charge is 2.27. The topological polar surface area (TPSA) is 29.1 Å². The molecule has 0 amide bonds. The van der Waals surface area contributed by atoms with Gasteiger partial charge in [-0.05, 0) is 50.8 Å². The van der Waals surface area contributed by atoms with E-state index in [1.165, 1.54) is 16.7 Å². The Balaban J connectivity index is 2.22. The number of rotatable bonds is 3. The molecule has 1 aliphatic rings. The highest BCUT2D eigenvalue weighted by Crippen LogP contribution is 2.34. The smallest absolute Gasteiger partial charge is 0.132 e. The fraction of sp³-hybridized carbons (Fsp3) is 0.562. The lowest BCUT2D eigenvalue weighted by atomic mass is 9.79. The lowest BCUT2D eigenvalue weighted by molar-refractivity contribution is -0.121. The summed E-state index contributed by atoms with van der Waals surface area (Å²) in [7, 11) is 2.03. The normalized spacial score (nSPS) is 18.9. The van der Waals surface area contributed by atoms with E-state index in [9.17, 15) is 4.79 Å². The van der Waals surface area contributed by atoms with Crippen LogP contribution in [-0.4, -0.2) is 12.8 Å². The maximum Gasteiger partial charge on any atom is 0.132 e. The van der Waals surface area contributed by atoms with Gasteiger partial charge in [-0.15, -0.1) is 0 Å². The number of hydrogen-bond donors (Lipinski definition) is 1. The summed E-state index contributed by atoms with van der Waals surface area (Å²) in [5.74, 6) is 1.02. The minimum Gasteiger partial charge on any atom is -0.313 e. The maximum atomic E-state index is 11.4. The molecule has 1 aliphatic carbocycles. The van der Waals surface area contributed by atoms with Crippen molar-refractivity contribution < 1.29 is 4.79 Å². The summed E-state index contributed by atoms with van der Waals surface area (Å²) in [6.07, 6.45) is 3.57. The summed E-state index contributed by atoms with van der Waals surface area (Å²) in [4.78, 5) is 11.4. The average molecular weight is 245 g/mol. The Kier molecular flexibility index (Phi) is 4.18. The van der Waals surface area contributed by atoms with E-state index in [1.807, 2.05) is 7.05 Å². The van der Waals surface area contributed by atoms with Crippen LogP contribution < -0.4 is 5.32 Å². The predicted octanol–water partition coefficient (Wildman–Crippen LogP) is 3.32. The second kappa shape index (κ2) is 5.66. The molecular weight excluding hydrogens is 222 g/mol. The molecule has 0 heterocycles. The van der Waals surface area contributed by atoms with Crippen molar-refractivity contribution in [2.24, 2.45) is 5.92 Å². The van der Waals surface area contributed by atoms with E-state index in [0.717, 1.165) is 25.7 Å². The van der Waals surface area contributed by atoms with Crippen LogP contribution in [0.3, 0.4) is 0 Å². The molecule has 1 aromatic carbocycles. The number of aryl methyl sites for hydroxylation is 2. The van der Waals surface area contributed by atoms with Crippen LogP contribution in [0.25, 0.3) is 0 Å². The Labute approximate surface area is 110 Å². The van der Waals surface area contributed by atoms with Crippen LogP contribution in [0, 0.1) is 19.8 Å². The second-order valence-electron chi connectivity index (χ2n) is 5.50. The molecule has 0 bridgehead atoms. The standard InChI is InChI=1S/C16H23NO/c1-11-4-5-12(2)15(10-11)16(17-3)13-6-8-14(18)9-7-13/h4-5,10,13,16-17H,6-9H2,1-3H3. The SMILES string of the molecule is CNC(c1cc(C)ccc1C)C1CCC(=O)CC1. The third kappa shape index (κ3) is 2.81. The first-order valence-corrected chi connectivity index (χ1v) is 6.88. The van der Waals surface area contributed by atoms with Crippen LogP contribution in [0.5, 0.6) is 0 Å². The van der Waals surface area contributed by atoms with E-state index >= 15 is 0 Å². The predicted molar refractivity (Wildman–Crippen MR) is 74.7 cm³/mol. The van der Waals surface area contributed by atoms with Gasteiger partial charge in [-0.25, -0.2) is 0 Å². The Morgan fingerprint density at radius 3 is 2.50 bits per heavy atom. The molecule has 1 atom stereocenters. The molecule has 0 aliphatic heterocycles. The van der Waals surface area contributed by atoms with E-state index in [-0.39, 0.29) is 0 Å². The van der Waals surface area contributed by atoms with E-state index in [0.29, 0.717) is 17.7 Å². The van der Waals surface area contributed by atoms with Crippen molar-refractivity contribution in [2.45, 2.75) is 45.6 Å². The summed E-state index contributed by atoms with van der Waals surface area (Å²) in [5, 5.41) is 3.46. The summed E-state index contributed by atoms with van der Waals surface area (Å²) in [5.41, 5.74) is 4.05. The fourth-order valence-electron chi connectivity index (χ4n) is 3.04. The first kappa shape index (κ1) is 13.3.